The highest BCUT2D eigenvalue weighted by Crippen LogP contribution is 2.18. The summed E-state index contributed by atoms with van der Waals surface area (Å²) in [5, 5.41) is 13.0. The van der Waals surface area contributed by atoms with E-state index in [1.807, 2.05) is 18.2 Å². The van der Waals surface area contributed by atoms with Crippen LogP contribution in [0.1, 0.15) is 16.7 Å². The second-order valence-corrected chi connectivity index (χ2v) is 7.53. The Morgan fingerprint density at radius 3 is 2.00 bits per heavy atom. The van der Waals surface area contributed by atoms with Gasteiger partial charge in [0.05, 0.1) is 15.6 Å². The molecule has 0 saturated heterocycles. The summed E-state index contributed by atoms with van der Waals surface area (Å²) in [7, 11) is 0. The molecular formula is C21H15BrCl2N4O. The monoisotopic (exact) mass is 488 g/mol. The van der Waals surface area contributed by atoms with Gasteiger partial charge in [-0.1, -0.05) is 68.6 Å². The molecule has 8 heteroatoms. The molecule has 29 heavy (non-hydrogen) atoms. The van der Waals surface area contributed by atoms with Crippen molar-refractivity contribution in [3.8, 4) is 0 Å². The predicted molar refractivity (Wildman–Crippen MR) is 122 cm³/mol. The summed E-state index contributed by atoms with van der Waals surface area (Å²) in [6.07, 6.45) is 0. The Hall–Kier alpha value is -2.67. The lowest BCUT2D eigenvalue weighted by Crippen LogP contribution is -2.17. The zero-order valence-corrected chi connectivity index (χ0v) is 18.0. The van der Waals surface area contributed by atoms with Crippen LogP contribution in [0.15, 0.2) is 87.4 Å². The van der Waals surface area contributed by atoms with Crippen LogP contribution in [-0.2, 0) is 4.84 Å². The quantitative estimate of drug-likeness (QED) is 0.273. The van der Waals surface area contributed by atoms with Gasteiger partial charge in [-0.3, -0.25) is 5.41 Å². The number of nitrogens with one attached hydrogen (secondary N) is 1. The molecule has 0 aliphatic rings. The largest absolute Gasteiger partial charge is 0.383 e. The van der Waals surface area contributed by atoms with Crippen molar-refractivity contribution in [1.29, 1.82) is 5.41 Å². The Balaban J connectivity index is 1.97. The molecule has 3 aromatic carbocycles. The molecule has 0 bridgehead atoms. The highest BCUT2D eigenvalue weighted by molar-refractivity contribution is 9.10. The van der Waals surface area contributed by atoms with Crippen molar-refractivity contribution >= 4 is 56.7 Å². The number of hydrogen-bond acceptors (Lipinski definition) is 3. The van der Waals surface area contributed by atoms with Gasteiger partial charge in [0, 0.05) is 15.6 Å². The highest BCUT2D eigenvalue weighted by atomic mass is 79.9. The van der Waals surface area contributed by atoms with Crippen LogP contribution in [-0.4, -0.2) is 17.6 Å². The minimum absolute atomic E-state index is 0.171. The third-order valence-electron chi connectivity index (χ3n) is 3.82. The lowest BCUT2D eigenvalue weighted by atomic mass is 10.2. The first-order valence-electron chi connectivity index (χ1n) is 8.39. The van der Waals surface area contributed by atoms with Crippen LogP contribution >= 0.6 is 39.1 Å². The van der Waals surface area contributed by atoms with Crippen molar-refractivity contribution < 1.29 is 4.84 Å². The fraction of sp³-hybridized carbons (Fsp3) is 0. The third-order valence-corrected chi connectivity index (χ3v) is 5.01. The first-order valence-corrected chi connectivity index (χ1v) is 9.94. The summed E-state index contributed by atoms with van der Waals surface area (Å²) in [5.41, 5.74) is 7.78. The molecule has 0 radical (unpaired) electrons. The van der Waals surface area contributed by atoms with Crippen molar-refractivity contribution in [2.75, 3.05) is 0 Å². The highest BCUT2D eigenvalue weighted by Gasteiger charge is 2.11. The summed E-state index contributed by atoms with van der Waals surface area (Å²) in [5.74, 6) is 0.147. The minimum atomic E-state index is -0.211. The smallest absolute Gasteiger partial charge is 0.250 e. The Kier molecular flexibility index (Phi) is 7.04. The van der Waals surface area contributed by atoms with Gasteiger partial charge in [-0.05, 0) is 48.5 Å². The number of halogens is 3. The van der Waals surface area contributed by atoms with Gasteiger partial charge in [-0.15, -0.1) is 0 Å². The summed E-state index contributed by atoms with van der Waals surface area (Å²) in [6, 6.07) is 21.2. The van der Waals surface area contributed by atoms with Gasteiger partial charge < -0.3 is 10.6 Å². The van der Waals surface area contributed by atoms with E-state index in [0.29, 0.717) is 26.7 Å². The first-order chi connectivity index (χ1) is 14.0. The molecule has 146 valence electrons. The van der Waals surface area contributed by atoms with E-state index in [0.717, 1.165) is 4.47 Å². The summed E-state index contributed by atoms with van der Waals surface area (Å²) >= 11 is 15.7. The zero-order valence-electron chi connectivity index (χ0n) is 14.9. The molecule has 0 spiro atoms. The maximum atomic E-state index is 8.12. The Morgan fingerprint density at radius 2 is 1.41 bits per heavy atom. The van der Waals surface area contributed by atoms with Gasteiger partial charge in [0.15, 0.2) is 0 Å². The average molecular weight is 490 g/mol. The van der Waals surface area contributed by atoms with Gasteiger partial charge in [-0.25, -0.2) is 4.99 Å². The van der Waals surface area contributed by atoms with Crippen molar-refractivity contribution in [3.05, 3.63) is 104 Å². The molecule has 5 nitrogen and oxygen atoms in total. The zero-order chi connectivity index (χ0) is 20.8. The van der Waals surface area contributed by atoms with Crippen LogP contribution in [0.3, 0.4) is 0 Å². The molecule has 3 N–H and O–H groups in total. The number of oxime groups is 1. The summed E-state index contributed by atoms with van der Waals surface area (Å²) in [4.78, 5) is 9.69. The molecular weight excluding hydrogens is 475 g/mol. The molecule has 3 rings (SSSR count). The maximum absolute atomic E-state index is 8.12. The van der Waals surface area contributed by atoms with E-state index in [4.69, 9.17) is 39.2 Å². The van der Waals surface area contributed by atoms with Crippen LogP contribution in [0.4, 0.5) is 0 Å². The van der Waals surface area contributed by atoms with E-state index >= 15 is 0 Å². The number of amidine groups is 2. The first kappa shape index (κ1) is 21.0. The molecule has 0 aromatic heterocycles. The van der Waals surface area contributed by atoms with Crippen molar-refractivity contribution in [3.63, 3.8) is 0 Å². The van der Waals surface area contributed by atoms with E-state index in [1.54, 1.807) is 54.6 Å². The molecule has 0 fully saturated rings. The number of aliphatic imine (C=N–C) groups is 1. The summed E-state index contributed by atoms with van der Waals surface area (Å²) < 4.78 is 0.897. The van der Waals surface area contributed by atoms with Crippen LogP contribution in [0.25, 0.3) is 0 Å². The lowest BCUT2D eigenvalue weighted by Gasteiger charge is -2.07. The van der Waals surface area contributed by atoms with Gasteiger partial charge in [0.25, 0.3) is 0 Å². The summed E-state index contributed by atoms with van der Waals surface area (Å²) in [6.45, 7) is 0. The number of nitrogens with two attached hydrogens (primary N) is 1. The Labute approximate surface area is 186 Å². The molecule has 0 heterocycles. The number of hydrogen-bond donors (Lipinski definition) is 2. The fourth-order valence-corrected chi connectivity index (χ4v) is 3.08. The van der Waals surface area contributed by atoms with Crippen LogP contribution in [0, 0.1) is 5.41 Å². The number of nitrogens with zero attached hydrogens (tertiary/aromatic N) is 2. The van der Waals surface area contributed by atoms with E-state index < -0.39 is 0 Å². The molecule has 0 atom stereocenters. The average Bonchev–Trinajstić information content (AvgIpc) is 2.72. The van der Waals surface area contributed by atoms with E-state index in [-0.39, 0.29) is 17.6 Å². The van der Waals surface area contributed by atoms with Crippen LogP contribution < -0.4 is 5.73 Å². The molecule has 0 aliphatic carbocycles. The molecule has 0 saturated carbocycles. The topological polar surface area (TPSA) is 83.8 Å². The van der Waals surface area contributed by atoms with Crippen molar-refractivity contribution in [2.24, 2.45) is 15.9 Å². The second-order valence-electron chi connectivity index (χ2n) is 5.80. The maximum Gasteiger partial charge on any atom is 0.250 e. The van der Waals surface area contributed by atoms with E-state index in [1.165, 1.54) is 0 Å². The third kappa shape index (κ3) is 5.44. The fourth-order valence-electron chi connectivity index (χ4n) is 2.36. The lowest BCUT2D eigenvalue weighted by molar-refractivity contribution is 0.326. The Bertz CT molecular complexity index is 1100. The van der Waals surface area contributed by atoms with Gasteiger partial charge in [0.1, 0.15) is 5.84 Å². The van der Waals surface area contributed by atoms with E-state index in [9.17, 15) is 0 Å². The van der Waals surface area contributed by atoms with Gasteiger partial charge >= 0.3 is 0 Å². The van der Waals surface area contributed by atoms with Crippen molar-refractivity contribution in [2.45, 2.75) is 0 Å². The molecule has 0 unspecified atom stereocenters. The second kappa shape index (κ2) is 9.69. The number of benzene rings is 3. The van der Waals surface area contributed by atoms with E-state index in [2.05, 4.69) is 26.1 Å². The van der Waals surface area contributed by atoms with Gasteiger partial charge in [0.2, 0.25) is 11.7 Å². The predicted octanol–water partition coefficient (Wildman–Crippen LogP) is 5.87. The molecule has 3 aromatic rings. The standard InChI is InChI=1S/C21H15BrCl2N4O/c22-14-11-9-13(10-12-14)21(27-19(25)15-5-1-3-7-17(15)23)28-29-20(26)16-6-2-4-8-18(16)24/h1-12,26H,(H2,25,27,28). The molecule has 0 amide bonds. The van der Waals surface area contributed by atoms with Crippen molar-refractivity contribution in [1.82, 2.24) is 0 Å². The SMILES string of the molecule is N=C(O/N=C(/N=C(N)c1ccccc1Cl)c1ccc(Br)cc1)c1ccccc1Cl. The van der Waals surface area contributed by atoms with Crippen LogP contribution in [0.2, 0.25) is 10.0 Å². The van der Waals surface area contributed by atoms with Crippen LogP contribution in [0.5, 0.6) is 0 Å². The minimum Gasteiger partial charge on any atom is -0.383 e. The number of rotatable bonds is 4. The molecule has 0 aliphatic heterocycles. The normalized spacial score (nSPS) is 12.0. The van der Waals surface area contributed by atoms with Gasteiger partial charge in [-0.2, -0.15) is 0 Å². The Morgan fingerprint density at radius 1 is 0.862 bits per heavy atom.